The lowest BCUT2D eigenvalue weighted by Crippen LogP contribution is -2.29. The average Bonchev–Trinajstić information content (AvgIpc) is 2.79. The van der Waals surface area contributed by atoms with Crippen molar-refractivity contribution in [1.82, 2.24) is 4.31 Å². The number of nitrogens with zero attached hydrogens (tertiary/aromatic N) is 2. The highest BCUT2D eigenvalue weighted by molar-refractivity contribution is 7.89. The summed E-state index contributed by atoms with van der Waals surface area (Å²) >= 11 is 5.87. The number of sulfonamides is 1. The third-order valence-corrected chi connectivity index (χ3v) is 5.49. The minimum atomic E-state index is -3.88. The Labute approximate surface area is 121 Å². The maximum absolute atomic E-state index is 12.4. The summed E-state index contributed by atoms with van der Waals surface area (Å²) in [6.07, 6.45) is -0.360. The second-order valence-electron chi connectivity index (χ2n) is 4.61. The van der Waals surface area contributed by atoms with Crippen molar-refractivity contribution >= 4 is 27.3 Å². The fraction of sp³-hybridized carbons (Fsp3) is 0.455. The summed E-state index contributed by atoms with van der Waals surface area (Å²) in [6.45, 7) is 1.63. The van der Waals surface area contributed by atoms with Gasteiger partial charge in [0.15, 0.2) is 0 Å². The molecule has 7 nitrogen and oxygen atoms in total. The molecular formula is C11H13ClN2O5S. The number of nitro benzene ring substituents is 1. The van der Waals surface area contributed by atoms with Gasteiger partial charge in [-0.25, -0.2) is 8.42 Å². The summed E-state index contributed by atoms with van der Waals surface area (Å²) in [5.41, 5.74) is -0.118. The molecule has 1 aliphatic heterocycles. The lowest BCUT2D eigenvalue weighted by atomic mass is 10.2. The third-order valence-electron chi connectivity index (χ3n) is 3.25. The largest absolute Gasteiger partial charge is 0.392 e. The Bertz CT molecular complexity index is 661. The van der Waals surface area contributed by atoms with Gasteiger partial charge >= 0.3 is 0 Å². The van der Waals surface area contributed by atoms with E-state index in [0.29, 0.717) is 6.42 Å². The van der Waals surface area contributed by atoms with Gasteiger partial charge in [0.25, 0.3) is 5.69 Å². The molecule has 1 N–H and O–H groups in total. The van der Waals surface area contributed by atoms with E-state index < -0.39 is 21.1 Å². The Balaban J connectivity index is 2.50. The lowest BCUT2D eigenvalue weighted by molar-refractivity contribution is -0.385. The molecule has 0 saturated carbocycles. The van der Waals surface area contributed by atoms with Gasteiger partial charge in [-0.2, -0.15) is 4.31 Å². The fourth-order valence-corrected chi connectivity index (χ4v) is 3.88. The van der Waals surface area contributed by atoms with Gasteiger partial charge < -0.3 is 5.11 Å². The SMILES string of the molecule is Cc1c(Cl)cc(S(=O)(=O)N2CCC(O)C2)cc1[N+](=O)[O-]. The van der Waals surface area contributed by atoms with E-state index in [1.54, 1.807) is 0 Å². The van der Waals surface area contributed by atoms with Crippen LogP contribution in [0.2, 0.25) is 5.02 Å². The number of rotatable bonds is 3. The average molecular weight is 321 g/mol. The molecule has 1 aliphatic rings. The van der Waals surface area contributed by atoms with E-state index in [0.717, 1.165) is 10.4 Å². The minimum Gasteiger partial charge on any atom is -0.392 e. The molecule has 9 heteroatoms. The Morgan fingerprint density at radius 3 is 2.65 bits per heavy atom. The van der Waals surface area contributed by atoms with Gasteiger partial charge in [0, 0.05) is 24.7 Å². The maximum atomic E-state index is 12.4. The molecule has 0 spiro atoms. The lowest BCUT2D eigenvalue weighted by Gasteiger charge is -2.16. The molecule has 1 fully saturated rings. The van der Waals surface area contributed by atoms with Crippen molar-refractivity contribution in [2.45, 2.75) is 24.3 Å². The number of aliphatic hydroxyl groups excluding tert-OH is 1. The monoisotopic (exact) mass is 320 g/mol. The molecule has 20 heavy (non-hydrogen) atoms. The van der Waals surface area contributed by atoms with E-state index in [-0.39, 0.29) is 34.3 Å². The summed E-state index contributed by atoms with van der Waals surface area (Å²) < 4.78 is 25.8. The zero-order chi connectivity index (χ0) is 15.1. The number of aliphatic hydroxyl groups is 1. The zero-order valence-electron chi connectivity index (χ0n) is 10.6. The molecular weight excluding hydrogens is 308 g/mol. The van der Waals surface area contributed by atoms with Crippen molar-refractivity contribution in [3.8, 4) is 0 Å². The molecule has 1 aromatic carbocycles. The molecule has 110 valence electrons. The van der Waals surface area contributed by atoms with Crippen molar-refractivity contribution in [3.63, 3.8) is 0 Å². The number of hydrogen-bond donors (Lipinski definition) is 1. The van der Waals surface area contributed by atoms with Gasteiger partial charge in [-0.05, 0) is 19.4 Å². The molecule has 0 radical (unpaired) electrons. The minimum absolute atomic E-state index is 0.0123. The Kier molecular flexibility index (Phi) is 4.01. The number of benzene rings is 1. The van der Waals surface area contributed by atoms with Crippen LogP contribution in [-0.2, 0) is 10.0 Å². The van der Waals surface area contributed by atoms with Crippen LogP contribution in [0, 0.1) is 17.0 Å². The number of halogens is 1. The normalized spacial score (nSPS) is 20.2. The van der Waals surface area contributed by atoms with E-state index >= 15 is 0 Å². The standard InChI is InChI=1S/C11H13ClN2O5S/c1-7-10(12)4-9(5-11(7)14(16)17)20(18,19)13-3-2-8(15)6-13/h4-5,8,15H,2-3,6H2,1H3. The van der Waals surface area contributed by atoms with Crippen molar-refractivity contribution in [3.05, 3.63) is 32.8 Å². The van der Waals surface area contributed by atoms with E-state index in [1.165, 1.54) is 13.0 Å². The summed E-state index contributed by atoms with van der Waals surface area (Å²) in [7, 11) is -3.88. The van der Waals surface area contributed by atoms with Crippen LogP contribution in [0.1, 0.15) is 12.0 Å². The van der Waals surface area contributed by atoms with E-state index in [9.17, 15) is 23.6 Å². The zero-order valence-corrected chi connectivity index (χ0v) is 12.2. The molecule has 1 saturated heterocycles. The third kappa shape index (κ3) is 2.64. The first kappa shape index (κ1) is 15.2. The highest BCUT2D eigenvalue weighted by Crippen LogP contribution is 2.31. The first-order valence-electron chi connectivity index (χ1n) is 5.86. The molecule has 0 aliphatic carbocycles. The van der Waals surface area contributed by atoms with Crippen molar-refractivity contribution in [1.29, 1.82) is 0 Å². The van der Waals surface area contributed by atoms with Crippen molar-refractivity contribution in [2.24, 2.45) is 0 Å². The molecule has 0 aromatic heterocycles. The van der Waals surface area contributed by atoms with Gasteiger partial charge in [0.2, 0.25) is 10.0 Å². The second-order valence-corrected chi connectivity index (χ2v) is 6.96. The predicted octanol–water partition coefficient (Wildman–Crippen LogP) is 1.31. The summed E-state index contributed by atoms with van der Waals surface area (Å²) in [6, 6.07) is 2.20. The quantitative estimate of drug-likeness (QED) is 0.668. The molecule has 2 rings (SSSR count). The van der Waals surface area contributed by atoms with Crippen LogP contribution < -0.4 is 0 Å². The van der Waals surface area contributed by atoms with Gasteiger partial charge in [-0.1, -0.05) is 11.6 Å². The molecule has 1 unspecified atom stereocenters. The van der Waals surface area contributed by atoms with E-state index in [2.05, 4.69) is 0 Å². The number of β-amino-alcohol motifs (C(OH)–C–C–N with tert-alkyl or cyclic N) is 1. The van der Waals surface area contributed by atoms with Crippen molar-refractivity contribution in [2.75, 3.05) is 13.1 Å². The van der Waals surface area contributed by atoms with Crippen LogP contribution in [0.4, 0.5) is 5.69 Å². The maximum Gasteiger partial charge on any atom is 0.275 e. The van der Waals surface area contributed by atoms with Crippen LogP contribution in [0.3, 0.4) is 0 Å². The van der Waals surface area contributed by atoms with E-state index in [4.69, 9.17) is 11.6 Å². The van der Waals surface area contributed by atoms with Crippen LogP contribution in [-0.4, -0.2) is 41.9 Å². The molecule has 1 aromatic rings. The summed E-state index contributed by atoms with van der Waals surface area (Å²) in [4.78, 5) is 10.0. The molecule has 1 atom stereocenters. The number of nitro groups is 1. The van der Waals surface area contributed by atoms with E-state index in [1.807, 2.05) is 0 Å². The van der Waals surface area contributed by atoms with Gasteiger partial charge in [-0.3, -0.25) is 10.1 Å². The summed E-state index contributed by atoms with van der Waals surface area (Å²) in [5, 5.41) is 20.4. The molecule has 1 heterocycles. The second kappa shape index (κ2) is 5.28. The smallest absolute Gasteiger partial charge is 0.275 e. The van der Waals surface area contributed by atoms with Crippen LogP contribution in [0.25, 0.3) is 0 Å². The highest BCUT2D eigenvalue weighted by atomic mass is 35.5. The summed E-state index contributed by atoms with van der Waals surface area (Å²) in [5.74, 6) is 0. The molecule has 0 amide bonds. The fourth-order valence-electron chi connectivity index (χ4n) is 2.06. The van der Waals surface area contributed by atoms with Crippen LogP contribution in [0.15, 0.2) is 17.0 Å². The Morgan fingerprint density at radius 2 is 2.15 bits per heavy atom. The van der Waals surface area contributed by atoms with Crippen LogP contribution >= 0.6 is 11.6 Å². The highest BCUT2D eigenvalue weighted by Gasteiger charge is 2.33. The molecule has 0 bridgehead atoms. The van der Waals surface area contributed by atoms with Crippen molar-refractivity contribution < 1.29 is 18.4 Å². The van der Waals surface area contributed by atoms with Gasteiger partial charge in [-0.15, -0.1) is 0 Å². The number of hydrogen-bond acceptors (Lipinski definition) is 5. The first-order valence-corrected chi connectivity index (χ1v) is 7.68. The Morgan fingerprint density at radius 1 is 1.50 bits per heavy atom. The van der Waals surface area contributed by atoms with Gasteiger partial charge in [0.05, 0.1) is 20.9 Å². The Hall–Kier alpha value is -1.22. The topological polar surface area (TPSA) is 101 Å². The first-order chi connectivity index (χ1) is 9.23. The van der Waals surface area contributed by atoms with Gasteiger partial charge in [0.1, 0.15) is 0 Å². The predicted molar refractivity (Wildman–Crippen MR) is 72.2 cm³/mol. The van der Waals surface area contributed by atoms with Crippen LogP contribution in [0.5, 0.6) is 0 Å².